The molecule has 1 aromatic carbocycles. The van der Waals surface area contributed by atoms with E-state index in [4.69, 9.17) is 18.9 Å². The topological polar surface area (TPSA) is 49.0 Å². The average molecular weight is 295 g/mol. The van der Waals surface area contributed by atoms with Gasteiger partial charge in [0.2, 0.25) is 5.75 Å². The van der Waals surface area contributed by atoms with E-state index in [1.54, 1.807) is 21.3 Å². The molecule has 0 saturated carbocycles. The number of rotatable bonds is 7. The molecule has 5 nitrogen and oxygen atoms in total. The van der Waals surface area contributed by atoms with Crippen LogP contribution in [0.25, 0.3) is 0 Å². The van der Waals surface area contributed by atoms with Crippen LogP contribution in [0, 0.1) is 0 Å². The Kier molecular flexibility index (Phi) is 6.14. The van der Waals surface area contributed by atoms with Gasteiger partial charge in [0, 0.05) is 19.7 Å². The lowest BCUT2D eigenvalue weighted by molar-refractivity contribution is 0.0168. The highest BCUT2D eigenvalue weighted by atomic mass is 16.5. The molecule has 1 aliphatic heterocycles. The van der Waals surface area contributed by atoms with E-state index in [1.165, 1.54) is 12.8 Å². The summed E-state index contributed by atoms with van der Waals surface area (Å²) < 4.78 is 21.7. The number of benzene rings is 1. The largest absolute Gasteiger partial charge is 0.493 e. The van der Waals surface area contributed by atoms with Crippen LogP contribution in [0.1, 0.15) is 24.8 Å². The Morgan fingerprint density at radius 1 is 1.10 bits per heavy atom. The first-order chi connectivity index (χ1) is 10.3. The smallest absolute Gasteiger partial charge is 0.203 e. The summed E-state index contributed by atoms with van der Waals surface area (Å²) in [6.07, 6.45) is 3.92. The van der Waals surface area contributed by atoms with Crippen molar-refractivity contribution in [3.05, 3.63) is 17.7 Å². The number of ether oxygens (including phenoxy) is 4. The molecule has 0 aromatic heterocycles. The average Bonchev–Trinajstić information content (AvgIpc) is 2.54. The van der Waals surface area contributed by atoms with Crippen molar-refractivity contribution in [2.45, 2.75) is 31.9 Å². The molecule has 5 heteroatoms. The van der Waals surface area contributed by atoms with Crippen molar-refractivity contribution in [2.75, 3.05) is 34.5 Å². The fourth-order valence-corrected chi connectivity index (χ4v) is 2.58. The minimum absolute atomic E-state index is 0.334. The molecule has 2 rings (SSSR count). The third-order valence-electron chi connectivity index (χ3n) is 3.70. The zero-order chi connectivity index (χ0) is 15.1. The van der Waals surface area contributed by atoms with Crippen LogP contribution < -0.4 is 19.5 Å². The number of hydrogen-bond acceptors (Lipinski definition) is 5. The summed E-state index contributed by atoms with van der Waals surface area (Å²) in [7, 11) is 4.87. The quantitative estimate of drug-likeness (QED) is 0.837. The van der Waals surface area contributed by atoms with Crippen molar-refractivity contribution in [3.63, 3.8) is 0 Å². The Labute approximate surface area is 126 Å². The standard InChI is InChI=1S/C16H25NO4/c1-18-14-8-12(9-15(19-2)16(14)20-3)10-17-11-13-6-4-5-7-21-13/h8-9,13,17H,4-7,10-11H2,1-3H3. The number of nitrogens with one attached hydrogen (secondary N) is 1. The van der Waals surface area contributed by atoms with Crippen LogP contribution in [0.15, 0.2) is 12.1 Å². The Morgan fingerprint density at radius 3 is 2.33 bits per heavy atom. The van der Waals surface area contributed by atoms with Gasteiger partial charge in [-0.25, -0.2) is 0 Å². The van der Waals surface area contributed by atoms with Crippen LogP contribution in [0.2, 0.25) is 0 Å². The molecule has 0 aliphatic carbocycles. The Hall–Kier alpha value is -1.46. The summed E-state index contributed by atoms with van der Waals surface area (Å²) in [5, 5.41) is 3.43. The van der Waals surface area contributed by atoms with Crippen LogP contribution >= 0.6 is 0 Å². The third-order valence-corrected chi connectivity index (χ3v) is 3.70. The van der Waals surface area contributed by atoms with Gasteiger partial charge in [0.25, 0.3) is 0 Å². The molecular formula is C16H25NO4. The zero-order valence-corrected chi connectivity index (χ0v) is 13.1. The monoisotopic (exact) mass is 295 g/mol. The highest BCUT2D eigenvalue weighted by Gasteiger charge is 2.15. The zero-order valence-electron chi connectivity index (χ0n) is 13.1. The second-order valence-electron chi connectivity index (χ2n) is 5.15. The Morgan fingerprint density at radius 2 is 1.81 bits per heavy atom. The molecule has 1 saturated heterocycles. The van der Waals surface area contributed by atoms with Gasteiger partial charge in [0.1, 0.15) is 0 Å². The molecule has 118 valence electrons. The molecule has 1 atom stereocenters. The summed E-state index contributed by atoms with van der Waals surface area (Å²) in [6, 6.07) is 3.94. The maximum absolute atomic E-state index is 5.71. The molecule has 1 N–H and O–H groups in total. The van der Waals surface area contributed by atoms with Gasteiger partial charge < -0.3 is 24.3 Å². The van der Waals surface area contributed by atoms with Gasteiger partial charge in [-0.15, -0.1) is 0 Å². The van der Waals surface area contributed by atoms with E-state index in [0.29, 0.717) is 23.4 Å². The van der Waals surface area contributed by atoms with Gasteiger partial charge in [-0.05, 0) is 37.0 Å². The fourth-order valence-electron chi connectivity index (χ4n) is 2.58. The molecule has 1 heterocycles. The predicted octanol–water partition coefficient (Wildman–Crippen LogP) is 2.37. The first-order valence-corrected chi connectivity index (χ1v) is 7.39. The maximum atomic E-state index is 5.71. The molecule has 0 radical (unpaired) electrons. The van der Waals surface area contributed by atoms with Crippen molar-refractivity contribution < 1.29 is 18.9 Å². The van der Waals surface area contributed by atoms with Gasteiger partial charge >= 0.3 is 0 Å². The van der Waals surface area contributed by atoms with Crippen molar-refractivity contribution in [3.8, 4) is 17.2 Å². The SMILES string of the molecule is COc1cc(CNCC2CCCCO2)cc(OC)c1OC. The van der Waals surface area contributed by atoms with E-state index < -0.39 is 0 Å². The summed E-state index contributed by atoms with van der Waals surface area (Å²) >= 11 is 0. The van der Waals surface area contributed by atoms with Crippen LogP contribution in [-0.2, 0) is 11.3 Å². The van der Waals surface area contributed by atoms with E-state index in [1.807, 2.05) is 12.1 Å². The molecule has 0 spiro atoms. The predicted molar refractivity (Wildman–Crippen MR) is 81.4 cm³/mol. The van der Waals surface area contributed by atoms with Crippen LogP contribution in [0.4, 0.5) is 0 Å². The van der Waals surface area contributed by atoms with E-state index in [-0.39, 0.29) is 0 Å². The second kappa shape index (κ2) is 8.10. The van der Waals surface area contributed by atoms with Crippen molar-refractivity contribution in [1.29, 1.82) is 0 Å². The Balaban J connectivity index is 1.95. The van der Waals surface area contributed by atoms with Crippen molar-refractivity contribution in [1.82, 2.24) is 5.32 Å². The maximum Gasteiger partial charge on any atom is 0.203 e. The molecule has 1 fully saturated rings. The Bertz CT molecular complexity index is 419. The van der Waals surface area contributed by atoms with E-state index >= 15 is 0 Å². The first kappa shape index (κ1) is 15.9. The summed E-state index contributed by atoms with van der Waals surface area (Å²) in [4.78, 5) is 0. The lowest BCUT2D eigenvalue weighted by Gasteiger charge is -2.23. The van der Waals surface area contributed by atoms with Gasteiger partial charge in [-0.1, -0.05) is 0 Å². The van der Waals surface area contributed by atoms with Gasteiger partial charge in [0.15, 0.2) is 11.5 Å². The minimum Gasteiger partial charge on any atom is -0.493 e. The highest BCUT2D eigenvalue weighted by molar-refractivity contribution is 5.53. The van der Waals surface area contributed by atoms with Gasteiger partial charge in [-0.2, -0.15) is 0 Å². The molecule has 1 aliphatic rings. The fraction of sp³-hybridized carbons (Fsp3) is 0.625. The molecule has 1 aromatic rings. The van der Waals surface area contributed by atoms with E-state index in [2.05, 4.69) is 5.32 Å². The lowest BCUT2D eigenvalue weighted by Crippen LogP contribution is -2.31. The van der Waals surface area contributed by atoms with Crippen LogP contribution in [0.3, 0.4) is 0 Å². The van der Waals surface area contributed by atoms with Crippen molar-refractivity contribution in [2.24, 2.45) is 0 Å². The molecule has 21 heavy (non-hydrogen) atoms. The van der Waals surface area contributed by atoms with Gasteiger partial charge in [-0.3, -0.25) is 0 Å². The summed E-state index contributed by atoms with van der Waals surface area (Å²) in [6.45, 7) is 2.50. The van der Waals surface area contributed by atoms with Gasteiger partial charge in [0.05, 0.1) is 27.4 Å². The number of methoxy groups -OCH3 is 3. The van der Waals surface area contributed by atoms with Crippen molar-refractivity contribution >= 4 is 0 Å². The van der Waals surface area contributed by atoms with Crippen LogP contribution in [-0.4, -0.2) is 40.6 Å². The molecule has 0 bridgehead atoms. The first-order valence-electron chi connectivity index (χ1n) is 7.39. The van der Waals surface area contributed by atoms with E-state index in [9.17, 15) is 0 Å². The highest BCUT2D eigenvalue weighted by Crippen LogP contribution is 2.38. The normalized spacial score (nSPS) is 18.3. The molecular weight excluding hydrogens is 270 g/mol. The molecule has 1 unspecified atom stereocenters. The lowest BCUT2D eigenvalue weighted by atomic mass is 10.1. The summed E-state index contributed by atoms with van der Waals surface area (Å²) in [5.74, 6) is 1.99. The number of hydrogen-bond donors (Lipinski definition) is 1. The third kappa shape index (κ3) is 4.25. The second-order valence-corrected chi connectivity index (χ2v) is 5.15. The van der Waals surface area contributed by atoms with Crippen LogP contribution in [0.5, 0.6) is 17.2 Å². The van der Waals surface area contributed by atoms with E-state index in [0.717, 1.165) is 31.7 Å². The minimum atomic E-state index is 0.334. The molecule has 0 amide bonds. The summed E-state index contributed by atoms with van der Waals surface area (Å²) in [5.41, 5.74) is 1.10.